The number of hydrogen-bond donors (Lipinski definition) is 0. The maximum Gasteiger partial charge on any atom is 0.338 e. The molecule has 23 heavy (non-hydrogen) atoms. The van der Waals surface area contributed by atoms with Crippen LogP contribution in [0.5, 0.6) is 5.75 Å². The summed E-state index contributed by atoms with van der Waals surface area (Å²) in [6.45, 7) is 2.01. The standard InChI is InChI=1S/C16H14N2O5/c1-2-23-16(20)11-3-5-13(6-4-11)17-10-12-9-14(18(21)22)7-8-15(12)19/h3-10,19H,2H2,1H3/p-1. The summed E-state index contributed by atoms with van der Waals surface area (Å²) in [5.74, 6) is -0.786. The van der Waals surface area contributed by atoms with Crippen molar-refractivity contribution in [3.05, 3.63) is 63.7 Å². The quantitative estimate of drug-likeness (QED) is 0.365. The van der Waals surface area contributed by atoms with Crippen molar-refractivity contribution >= 4 is 23.6 Å². The van der Waals surface area contributed by atoms with Gasteiger partial charge in [0.2, 0.25) is 0 Å². The van der Waals surface area contributed by atoms with Crippen LogP contribution in [0.25, 0.3) is 0 Å². The van der Waals surface area contributed by atoms with Gasteiger partial charge in [-0.25, -0.2) is 4.79 Å². The van der Waals surface area contributed by atoms with Gasteiger partial charge in [0.15, 0.2) is 0 Å². The fourth-order valence-electron chi connectivity index (χ4n) is 1.79. The zero-order valence-corrected chi connectivity index (χ0v) is 12.3. The Morgan fingerprint density at radius 2 is 1.96 bits per heavy atom. The molecule has 118 valence electrons. The van der Waals surface area contributed by atoms with Crippen LogP contribution in [0, 0.1) is 10.1 Å². The zero-order valence-electron chi connectivity index (χ0n) is 12.3. The molecule has 0 unspecified atom stereocenters. The van der Waals surface area contributed by atoms with Gasteiger partial charge < -0.3 is 9.84 Å². The van der Waals surface area contributed by atoms with Crippen LogP contribution in [0.1, 0.15) is 22.8 Å². The molecule has 0 N–H and O–H groups in total. The predicted molar refractivity (Wildman–Crippen MR) is 82.2 cm³/mol. The van der Waals surface area contributed by atoms with E-state index in [1.807, 2.05) is 0 Å². The van der Waals surface area contributed by atoms with E-state index in [1.54, 1.807) is 31.2 Å². The number of benzene rings is 2. The van der Waals surface area contributed by atoms with Gasteiger partial charge in [-0.2, -0.15) is 0 Å². The molecule has 2 aromatic rings. The summed E-state index contributed by atoms with van der Waals surface area (Å²) in [4.78, 5) is 25.7. The molecule has 0 spiro atoms. The minimum Gasteiger partial charge on any atom is -0.872 e. The van der Waals surface area contributed by atoms with Gasteiger partial charge >= 0.3 is 5.97 Å². The average Bonchev–Trinajstić information content (AvgIpc) is 2.54. The molecule has 2 rings (SSSR count). The lowest BCUT2D eigenvalue weighted by molar-refractivity contribution is -0.385. The van der Waals surface area contributed by atoms with Crippen LogP contribution in [0.15, 0.2) is 47.5 Å². The third kappa shape index (κ3) is 4.13. The lowest BCUT2D eigenvalue weighted by atomic mass is 10.2. The largest absolute Gasteiger partial charge is 0.872 e. The van der Waals surface area contributed by atoms with E-state index in [9.17, 15) is 20.0 Å². The lowest BCUT2D eigenvalue weighted by Crippen LogP contribution is -2.03. The number of carbonyl (C=O) groups excluding carboxylic acids is 1. The van der Waals surface area contributed by atoms with E-state index in [1.165, 1.54) is 12.3 Å². The summed E-state index contributed by atoms with van der Waals surface area (Å²) in [5, 5.41) is 22.4. The Morgan fingerprint density at radius 3 is 2.57 bits per heavy atom. The van der Waals surface area contributed by atoms with Gasteiger partial charge in [-0.15, -0.1) is 0 Å². The van der Waals surface area contributed by atoms with Gasteiger partial charge in [-0.05, 0) is 36.8 Å². The Morgan fingerprint density at radius 1 is 1.26 bits per heavy atom. The van der Waals surface area contributed by atoms with Gasteiger partial charge in [-0.3, -0.25) is 15.1 Å². The fourth-order valence-corrected chi connectivity index (χ4v) is 1.79. The van der Waals surface area contributed by atoms with Gasteiger partial charge in [0, 0.05) is 18.3 Å². The molecule has 7 nitrogen and oxygen atoms in total. The van der Waals surface area contributed by atoms with Crippen molar-refractivity contribution in [1.82, 2.24) is 0 Å². The molecule has 0 bridgehead atoms. The highest BCUT2D eigenvalue weighted by Crippen LogP contribution is 2.20. The molecule has 0 aliphatic rings. The molecule has 0 aliphatic heterocycles. The Bertz CT molecular complexity index is 754. The van der Waals surface area contributed by atoms with Gasteiger partial charge in [0.1, 0.15) is 0 Å². The average molecular weight is 313 g/mol. The van der Waals surface area contributed by atoms with Crippen LogP contribution in [-0.2, 0) is 4.74 Å². The third-order valence-electron chi connectivity index (χ3n) is 2.94. The number of nitro groups is 1. The van der Waals surface area contributed by atoms with Crippen LogP contribution < -0.4 is 5.11 Å². The smallest absolute Gasteiger partial charge is 0.338 e. The molecule has 0 saturated carbocycles. The van der Waals surface area contributed by atoms with Crippen LogP contribution in [0.3, 0.4) is 0 Å². The van der Waals surface area contributed by atoms with Crippen molar-refractivity contribution in [1.29, 1.82) is 0 Å². The predicted octanol–water partition coefficient (Wildman–Crippen LogP) is 2.60. The number of ether oxygens (including phenoxy) is 1. The summed E-state index contributed by atoms with van der Waals surface area (Å²) < 4.78 is 4.87. The third-order valence-corrected chi connectivity index (χ3v) is 2.94. The molecule has 2 aromatic carbocycles. The van der Waals surface area contributed by atoms with E-state index < -0.39 is 10.9 Å². The number of hydrogen-bond acceptors (Lipinski definition) is 6. The monoisotopic (exact) mass is 313 g/mol. The minimum absolute atomic E-state index is 0.119. The Balaban J connectivity index is 2.19. The van der Waals surface area contributed by atoms with Crippen LogP contribution in [-0.4, -0.2) is 23.7 Å². The van der Waals surface area contributed by atoms with E-state index in [4.69, 9.17) is 4.74 Å². The van der Waals surface area contributed by atoms with Crippen molar-refractivity contribution < 1.29 is 19.6 Å². The number of nitrogens with zero attached hydrogens (tertiary/aromatic N) is 2. The summed E-state index contributed by atoms with van der Waals surface area (Å²) in [7, 11) is 0. The molecule has 0 radical (unpaired) electrons. The first-order chi connectivity index (χ1) is 11.0. The number of non-ortho nitro benzene ring substituents is 1. The van der Waals surface area contributed by atoms with Crippen molar-refractivity contribution in [2.45, 2.75) is 6.92 Å². The highest BCUT2D eigenvalue weighted by Gasteiger charge is 2.06. The summed E-state index contributed by atoms with van der Waals surface area (Å²) in [5.41, 5.74) is 0.840. The van der Waals surface area contributed by atoms with Crippen molar-refractivity contribution in [2.24, 2.45) is 4.99 Å². The maximum atomic E-state index is 11.7. The summed E-state index contributed by atoms with van der Waals surface area (Å²) >= 11 is 0. The van der Waals surface area contributed by atoms with E-state index in [0.29, 0.717) is 11.3 Å². The topological polar surface area (TPSA) is 105 Å². The summed E-state index contributed by atoms with van der Waals surface area (Å²) in [6.07, 6.45) is 1.26. The number of rotatable bonds is 5. The number of aliphatic imine (C=N–C) groups is 1. The normalized spacial score (nSPS) is 10.7. The Labute approximate surface area is 132 Å². The number of carbonyl (C=O) groups is 1. The maximum absolute atomic E-state index is 11.7. The van der Waals surface area contributed by atoms with Crippen LogP contribution >= 0.6 is 0 Å². The number of esters is 1. The van der Waals surface area contributed by atoms with E-state index in [2.05, 4.69) is 4.99 Å². The zero-order chi connectivity index (χ0) is 16.8. The number of nitro benzene ring substituents is 1. The molecule has 0 saturated heterocycles. The molecular formula is C16H13N2O5-. The highest BCUT2D eigenvalue weighted by molar-refractivity contribution is 5.90. The highest BCUT2D eigenvalue weighted by atomic mass is 16.6. The molecule has 0 heterocycles. The summed E-state index contributed by atoms with van der Waals surface area (Å²) in [6, 6.07) is 9.72. The fraction of sp³-hybridized carbons (Fsp3) is 0.125. The van der Waals surface area contributed by atoms with Crippen LogP contribution in [0.4, 0.5) is 11.4 Å². The first-order valence-corrected chi connectivity index (χ1v) is 6.78. The molecule has 0 amide bonds. The second-order valence-electron chi connectivity index (χ2n) is 4.50. The molecule has 0 atom stereocenters. The second kappa shape index (κ2) is 7.17. The SMILES string of the molecule is CCOC(=O)c1ccc(N=Cc2cc([N+](=O)[O-])ccc2[O-])cc1. The van der Waals surface area contributed by atoms with Gasteiger partial charge in [0.05, 0.1) is 22.8 Å². The van der Waals surface area contributed by atoms with Crippen molar-refractivity contribution in [3.63, 3.8) is 0 Å². The van der Waals surface area contributed by atoms with Crippen molar-refractivity contribution in [3.8, 4) is 5.75 Å². The van der Waals surface area contributed by atoms with E-state index >= 15 is 0 Å². The molecule has 0 aromatic heterocycles. The van der Waals surface area contributed by atoms with E-state index in [0.717, 1.165) is 12.1 Å². The van der Waals surface area contributed by atoms with Crippen LogP contribution in [0.2, 0.25) is 0 Å². The minimum atomic E-state index is -0.578. The van der Waals surface area contributed by atoms with Gasteiger partial charge in [0.25, 0.3) is 5.69 Å². The lowest BCUT2D eigenvalue weighted by Gasteiger charge is -2.08. The molecule has 0 fully saturated rings. The Hall–Kier alpha value is -3.22. The Kier molecular flexibility index (Phi) is 5.03. The van der Waals surface area contributed by atoms with E-state index in [-0.39, 0.29) is 23.6 Å². The first-order valence-electron chi connectivity index (χ1n) is 6.78. The molecular weight excluding hydrogens is 300 g/mol. The molecule has 7 heteroatoms. The second-order valence-corrected chi connectivity index (χ2v) is 4.50. The van der Waals surface area contributed by atoms with Crippen molar-refractivity contribution in [2.75, 3.05) is 6.61 Å². The van der Waals surface area contributed by atoms with Gasteiger partial charge in [-0.1, -0.05) is 11.8 Å². The molecule has 0 aliphatic carbocycles. The first kappa shape index (κ1) is 16.2.